The van der Waals surface area contributed by atoms with E-state index >= 15 is 0 Å². The molecule has 4 fully saturated rings. The van der Waals surface area contributed by atoms with Crippen LogP contribution in [-0.2, 0) is 44.8 Å². The molecule has 182 valence electrons. The van der Waals surface area contributed by atoms with Crippen LogP contribution in [0, 0.1) is 11.8 Å². The Morgan fingerprint density at radius 3 is 2.42 bits per heavy atom. The number of ketones is 1. The summed E-state index contributed by atoms with van der Waals surface area (Å²) in [7, 11) is -7.91. The maximum atomic E-state index is 11.8. The first-order valence-electron chi connectivity index (χ1n) is 10.8. The lowest BCUT2D eigenvalue weighted by molar-refractivity contribution is -0.152. The Morgan fingerprint density at radius 2 is 1.79 bits per heavy atom. The first kappa shape index (κ1) is 24.6. The predicted molar refractivity (Wildman–Crippen MR) is 120 cm³/mol. The van der Waals surface area contributed by atoms with Crippen LogP contribution in [0.2, 0.25) is 0 Å². The number of fused-ring (bicyclic) bond motifs is 1. The molecule has 2 aliphatic heterocycles. The third-order valence-corrected chi connectivity index (χ3v) is 11.3. The van der Waals surface area contributed by atoms with Crippen molar-refractivity contribution >= 4 is 42.9 Å². The number of ether oxygens (including phenoxy) is 1. The smallest absolute Gasteiger partial charge is 0.320 e. The predicted octanol–water partition coefficient (Wildman–Crippen LogP) is 0.862. The topological polar surface area (TPSA) is 144 Å². The maximum absolute atomic E-state index is 11.8. The molecule has 12 heteroatoms. The zero-order valence-corrected chi connectivity index (χ0v) is 20.3. The standard InChI is InChI=1S/C12H15OS.C9H12O8S2/c13-12(10-14-8-4-5-9-14)11-6-2-1-3-7-11;10-7(3-18(11,12)13)16-8-4-1-5-6(2-4)19(14,15)17-9(5)8/h1-3,6-7H,4-5,8-10H2;4-6,8-9H,1-3H2,(H,11,12,13)/q+1;/p-1. The molecule has 0 N–H and O–H groups in total. The molecular formula is C21H26O9S3. The van der Waals surface area contributed by atoms with Crippen molar-refractivity contribution in [2.75, 3.05) is 23.0 Å². The number of benzene rings is 1. The molecule has 2 saturated carbocycles. The van der Waals surface area contributed by atoms with Crippen molar-refractivity contribution in [2.45, 2.75) is 43.1 Å². The molecule has 0 amide bonds. The van der Waals surface area contributed by atoms with Crippen molar-refractivity contribution in [3.05, 3.63) is 35.9 Å². The third kappa shape index (κ3) is 5.79. The summed E-state index contributed by atoms with van der Waals surface area (Å²) < 4.78 is 64.5. The van der Waals surface area contributed by atoms with Gasteiger partial charge in [0.15, 0.2) is 5.75 Å². The van der Waals surface area contributed by atoms with Gasteiger partial charge in [0.25, 0.3) is 10.1 Å². The molecule has 0 spiro atoms. The molecule has 2 aliphatic carbocycles. The summed E-state index contributed by atoms with van der Waals surface area (Å²) in [6, 6.07) is 9.66. The van der Waals surface area contributed by atoms with Gasteiger partial charge in [-0.25, -0.2) is 8.42 Å². The minimum Gasteiger partial charge on any atom is -0.748 e. The Kier molecular flexibility index (Phi) is 7.21. The van der Waals surface area contributed by atoms with Crippen LogP contribution in [-0.4, -0.2) is 73.6 Å². The summed E-state index contributed by atoms with van der Waals surface area (Å²) >= 11 is 0. The minimum atomic E-state index is -4.70. The van der Waals surface area contributed by atoms with Gasteiger partial charge in [0.1, 0.15) is 39.6 Å². The van der Waals surface area contributed by atoms with Crippen LogP contribution in [0.3, 0.4) is 0 Å². The van der Waals surface area contributed by atoms with E-state index in [-0.39, 0.29) is 11.8 Å². The van der Waals surface area contributed by atoms with Crippen molar-refractivity contribution in [1.29, 1.82) is 0 Å². The molecule has 0 radical (unpaired) electrons. The van der Waals surface area contributed by atoms with Crippen molar-refractivity contribution in [3.8, 4) is 0 Å². The van der Waals surface area contributed by atoms with E-state index in [1.165, 1.54) is 24.3 Å². The normalized spacial score (nSPS) is 31.7. The fraction of sp³-hybridized carbons (Fsp3) is 0.619. The first-order valence-corrected chi connectivity index (χ1v) is 15.6. The first-order chi connectivity index (χ1) is 15.5. The van der Waals surface area contributed by atoms with Crippen molar-refractivity contribution in [2.24, 2.45) is 11.8 Å². The number of carbonyl (C=O) groups is 2. The maximum Gasteiger partial charge on any atom is 0.320 e. The van der Waals surface area contributed by atoms with Crippen LogP contribution in [0.1, 0.15) is 36.0 Å². The van der Waals surface area contributed by atoms with Crippen LogP contribution >= 0.6 is 0 Å². The van der Waals surface area contributed by atoms with Gasteiger partial charge < -0.3 is 9.29 Å². The van der Waals surface area contributed by atoms with E-state index in [4.69, 9.17) is 8.92 Å². The quantitative estimate of drug-likeness (QED) is 0.176. The molecule has 2 saturated heterocycles. The SMILES string of the molecule is O=C(CS(=O)(=O)[O-])OC1C2CC3C1OS(=O)(=O)C3C2.O=C(C[S+]1CCCC1)c1ccccc1. The Morgan fingerprint density at radius 1 is 1.12 bits per heavy atom. The zero-order chi connectivity index (χ0) is 23.8. The molecule has 5 atom stereocenters. The largest absolute Gasteiger partial charge is 0.748 e. The fourth-order valence-corrected chi connectivity index (χ4v) is 9.62. The van der Waals surface area contributed by atoms with Crippen LogP contribution in [0.5, 0.6) is 0 Å². The van der Waals surface area contributed by atoms with E-state index in [2.05, 4.69) is 0 Å². The molecule has 2 heterocycles. The summed E-state index contributed by atoms with van der Waals surface area (Å²) in [6.07, 6.45) is 2.08. The molecular weight excluding hydrogens is 492 g/mol. The number of Topliss-reactive ketones (excluding diaryl/α,β-unsaturated/α-hetero) is 1. The van der Waals surface area contributed by atoms with Gasteiger partial charge in [0, 0.05) is 17.4 Å². The molecule has 1 aromatic carbocycles. The Hall–Kier alpha value is -1.47. The fourth-order valence-electron chi connectivity index (χ4n) is 5.13. The molecule has 5 rings (SSSR count). The van der Waals surface area contributed by atoms with Gasteiger partial charge in [-0.2, -0.15) is 8.42 Å². The van der Waals surface area contributed by atoms with Gasteiger partial charge in [-0.15, -0.1) is 0 Å². The number of carbonyl (C=O) groups excluding carboxylic acids is 2. The van der Waals surface area contributed by atoms with Gasteiger partial charge in [0.2, 0.25) is 5.78 Å². The van der Waals surface area contributed by atoms with Crippen molar-refractivity contribution in [3.63, 3.8) is 0 Å². The van der Waals surface area contributed by atoms with Gasteiger partial charge in [-0.3, -0.25) is 13.8 Å². The lowest BCUT2D eigenvalue weighted by atomic mass is 9.94. The highest BCUT2D eigenvalue weighted by molar-refractivity contribution is 7.97. The van der Waals surface area contributed by atoms with Gasteiger partial charge in [-0.05, 0) is 36.6 Å². The van der Waals surface area contributed by atoms with Crippen LogP contribution in [0.4, 0.5) is 0 Å². The Bertz CT molecular complexity index is 1100. The molecule has 2 bridgehead atoms. The second-order valence-electron chi connectivity index (χ2n) is 8.81. The lowest BCUT2D eigenvalue weighted by Gasteiger charge is -2.25. The number of rotatable bonds is 6. The van der Waals surface area contributed by atoms with E-state index in [0.717, 1.165) is 11.3 Å². The highest BCUT2D eigenvalue weighted by Gasteiger charge is 2.65. The summed E-state index contributed by atoms with van der Waals surface area (Å²) in [5.74, 6) is 0.922. The number of hydrogen-bond donors (Lipinski definition) is 0. The monoisotopic (exact) mass is 518 g/mol. The Labute approximate surface area is 196 Å². The van der Waals surface area contributed by atoms with Crippen molar-refractivity contribution in [1.82, 2.24) is 0 Å². The average molecular weight is 519 g/mol. The van der Waals surface area contributed by atoms with E-state index in [1.54, 1.807) is 0 Å². The molecule has 5 unspecified atom stereocenters. The van der Waals surface area contributed by atoms with E-state index in [0.29, 0.717) is 29.5 Å². The second kappa shape index (κ2) is 9.65. The summed E-state index contributed by atoms with van der Waals surface area (Å²) in [6.45, 7) is 0. The zero-order valence-electron chi connectivity index (χ0n) is 17.8. The van der Waals surface area contributed by atoms with E-state index in [9.17, 15) is 31.0 Å². The van der Waals surface area contributed by atoms with Crippen LogP contribution in [0.25, 0.3) is 0 Å². The highest BCUT2D eigenvalue weighted by Crippen LogP contribution is 2.55. The Balaban J connectivity index is 0.000000165. The number of hydrogen-bond acceptors (Lipinski definition) is 9. The molecule has 9 nitrogen and oxygen atoms in total. The summed E-state index contributed by atoms with van der Waals surface area (Å²) in [5, 5.41) is -0.541. The van der Waals surface area contributed by atoms with Gasteiger partial charge >= 0.3 is 5.97 Å². The van der Waals surface area contributed by atoms with Crippen molar-refractivity contribution < 1.29 is 39.9 Å². The van der Waals surface area contributed by atoms with Crippen LogP contribution in [0.15, 0.2) is 30.3 Å². The lowest BCUT2D eigenvalue weighted by Crippen LogP contribution is -2.38. The van der Waals surface area contributed by atoms with Gasteiger partial charge in [-0.1, -0.05) is 30.3 Å². The number of esters is 1. The second-order valence-corrected chi connectivity index (χ2v) is 14.3. The van der Waals surface area contributed by atoms with E-state index < -0.39 is 49.4 Å². The van der Waals surface area contributed by atoms with Gasteiger partial charge in [0.05, 0.1) is 5.25 Å². The molecule has 4 aliphatic rings. The molecule has 0 aromatic heterocycles. The van der Waals surface area contributed by atoms with E-state index in [1.807, 2.05) is 30.3 Å². The average Bonchev–Trinajstić information content (AvgIpc) is 3.48. The summed E-state index contributed by atoms with van der Waals surface area (Å²) in [5.41, 5.74) is 0.881. The van der Waals surface area contributed by atoms with Crippen LogP contribution < -0.4 is 0 Å². The third-order valence-electron chi connectivity index (χ3n) is 6.52. The summed E-state index contributed by atoms with van der Waals surface area (Å²) in [4.78, 5) is 23.1. The molecule has 1 aromatic rings. The minimum absolute atomic E-state index is 0.143. The highest BCUT2D eigenvalue weighted by atomic mass is 32.2. The molecule has 33 heavy (non-hydrogen) atoms.